The topological polar surface area (TPSA) is 75.7 Å². The van der Waals surface area contributed by atoms with E-state index in [9.17, 15) is 14.4 Å². The number of benzene rings is 3. The lowest BCUT2D eigenvalue weighted by molar-refractivity contribution is -0.189. The Morgan fingerprint density at radius 2 is 1.53 bits per heavy atom. The number of hydrogen-bond donors (Lipinski definition) is 1. The van der Waals surface area contributed by atoms with Crippen LogP contribution < -0.4 is 10.1 Å². The molecule has 6 nitrogen and oxygen atoms in total. The molecular formula is C29H25F3N2O4. The molecule has 1 N–H and O–H groups in total. The number of amides is 2. The third kappa shape index (κ3) is 4.79. The summed E-state index contributed by atoms with van der Waals surface area (Å²) in [5.41, 5.74) is -3.97. The Kier molecular flexibility index (Phi) is 7.39. The van der Waals surface area contributed by atoms with Gasteiger partial charge >= 0.3 is 6.18 Å². The van der Waals surface area contributed by atoms with Crippen LogP contribution in [0.5, 0.6) is 5.75 Å². The maximum Gasteiger partial charge on any atom is 0.425 e. The second kappa shape index (κ2) is 10.5. The molecule has 4 rings (SSSR count). The fraction of sp³-hybridized carbons (Fsp3) is 0.207. The molecular weight excluding hydrogens is 497 g/mol. The highest BCUT2D eigenvalue weighted by atomic mass is 19.4. The van der Waals surface area contributed by atoms with Gasteiger partial charge in [0.2, 0.25) is 5.54 Å². The summed E-state index contributed by atoms with van der Waals surface area (Å²) in [5.74, 6) is -3.37. The molecule has 0 aliphatic carbocycles. The van der Waals surface area contributed by atoms with Gasteiger partial charge in [0, 0.05) is 23.4 Å². The van der Waals surface area contributed by atoms with Crippen molar-refractivity contribution >= 4 is 17.6 Å². The van der Waals surface area contributed by atoms with Crippen molar-refractivity contribution in [2.24, 2.45) is 0 Å². The Bertz CT molecular complexity index is 1390. The number of allylic oxidation sites excluding steroid dienone is 1. The summed E-state index contributed by atoms with van der Waals surface area (Å²) in [4.78, 5) is 41.4. The van der Waals surface area contributed by atoms with Crippen LogP contribution in [0.25, 0.3) is 0 Å². The van der Waals surface area contributed by atoms with Crippen molar-refractivity contribution in [2.75, 3.05) is 13.7 Å². The zero-order valence-corrected chi connectivity index (χ0v) is 20.7. The number of Topliss-reactive ketones (excluding diaryl/α,β-unsaturated/α-hetero) is 1. The quantitative estimate of drug-likeness (QED) is 0.424. The van der Waals surface area contributed by atoms with Crippen LogP contribution in [0.4, 0.5) is 13.2 Å². The van der Waals surface area contributed by atoms with E-state index < -0.39 is 34.9 Å². The maximum atomic E-state index is 15.1. The molecule has 0 fully saturated rings. The molecule has 0 saturated carbocycles. The number of carbonyl (C=O) groups excluding carboxylic acids is 3. The zero-order chi connectivity index (χ0) is 27.5. The predicted octanol–water partition coefficient (Wildman–Crippen LogP) is 4.97. The van der Waals surface area contributed by atoms with Crippen molar-refractivity contribution in [1.29, 1.82) is 0 Å². The summed E-state index contributed by atoms with van der Waals surface area (Å²) in [6, 6.07) is 21.8. The van der Waals surface area contributed by atoms with Crippen molar-refractivity contribution in [1.82, 2.24) is 10.2 Å². The van der Waals surface area contributed by atoms with Crippen LogP contribution in [0.3, 0.4) is 0 Å². The monoisotopic (exact) mass is 522 g/mol. The molecule has 0 saturated heterocycles. The van der Waals surface area contributed by atoms with E-state index >= 15 is 13.2 Å². The maximum absolute atomic E-state index is 15.1. The minimum atomic E-state index is -5.33. The van der Waals surface area contributed by atoms with Crippen LogP contribution >= 0.6 is 0 Å². The number of ether oxygens (including phenoxy) is 1. The van der Waals surface area contributed by atoms with Gasteiger partial charge in [0.25, 0.3) is 11.8 Å². The van der Waals surface area contributed by atoms with Gasteiger partial charge in [-0.05, 0) is 37.1 Å². The van der Waals surface area contributed by atoms with Gasteiger partial charge in [-0.15, -0.1) is 0 Å². The minimum absolute atomic E-state index is 0.0381. The van der Waals surface area contributed by atoms with Crippen LogP contribution in [0.2, 0.25) is 0 Å². The number of hydrogen-bond acceptors (Lipinski definition) is 4. The van der Waals surface area contributed by atoms with Gasteiger partial charge in [-0.1, -0.05) is 66.7 Å². The Labute approximate surface area is 217 Å². The molecule has 1 atom stereocenters. The number of alkyl halides is 3. The average Bonchev–Trinajstić information content (AvgIpc) is 3.14. The van der Waals surface area contributed by atoms with Gasteiger partial charge in [0.05, 0.1) is 12.7 Å². The first-order valence-electron chi connectivity index (χ1n) is 11.8. The molecule has 3 aromatic rings. The second-order valence-corrected chi connectivity index (χ2v) is 8.78. The van der Waals surface area contributed by atoms with Crippen molar-refractivity contribution in [3.63, 3.8) is 0 Å². The van der Waals surface area contributed by atoms with Crippen LogP contribution in [-0.4, -0.2) is 47.9 Å². The van der Waals surface area contributed by atoms with Crippen LogP contribution in [0, 0.1) is 0 Å². The lowest BCUT2D eigenvalue weighted by atomic mass is 9.84. The van der Waals surface area contributed by atoms with Crippen molar-refractivity contribution in [3.8, 4) is 5.75 Å². The zero-order valence-electron chi connectivity index (χ0n) is 20.7. The number of rotatable bonds is 8. The number of nitrogens with zero attached hydrogens (tertiary/aromatic N) is 1. The van der Waals surface area contributed by atoms with E-state index in [1.165, 1.54) is 62.6 Å². The van der Waals surface area contributed by atoms with E-state index in [1.54, 1.807) is 36.4 Å². The van der Waals surface area contributed by atoms with Gasteiger partial charge in [-0.3, -0.25) is 14.4 Å². The molecule has 3 aromatic carbocycles. The molecule has 196 valence electrons. The first kappa shape index (κ1) is 26.7. The molecule has 0 radical (unpaired) electrons. The highest BCUT2D eigenvalue weighted by molar-refractivity contribution is 6.19. The van der Waals surface area contributed by atoms with Gasteiger partial charge in [0.15, 0.2) is 5.78 Å². The summed E-state index contributed by atoms with van der Waals surface area (Å²) < 4.78 is 50.2. The van der Waals surface area contributed by atoms with Crippen molar-refractivity contribution in [2.45, 2.75) is 25.1 Å². The smallest absolute Gasteiger partial charge is 0.425 e. The lowest BCUT2D eigenvalue weighted by Gasteiger charge is -2.33. The third-order valence-electron chi connectivity index (χ3n) is 6.50. The summed E-state index contributed by atoms with van der Waals surface area (Å²) in [5, 5.41) is 1.92. The molecule has 38 heavy (non-hydrogen) atoms. The molecule has 1 heterocycles. The summed E-state index contributed by atoms with van der Waals surface area (Å²) >= 11 is 0. The van der Waals surface area contributed by atoms with Crippen LogP contribution in [-0.2, 0) is 11.2 Å². The van der Waals surface area contributed by atoms with Crippen LogP contribution in [0.15, 0.2) is 96.2 Å². The van der Waals surface area contributed by atoms with E-state index in [0.29, 0.717) is 0 Å². The Morgan fingerprint density at radius 1 is 0.921 bits per heavy atom. The van der Waals surface area contributed by atoms with E-state index in [0.717, 1.165) is 10.5 Å². The second-order valence-electron chi connectivity index (χ2n) is 8.78. The van der Waals surface area contributed by atoms with Gasteiger partial charge in [0.1, 0.15) is 5.75 Å². The minimum Gasteiger partial charge on any atom is -0.497 e. The van der Waals surface area contributed by atoms with E-state index in [1.807, 2.05) is 5.32 Å². The van der Waals surface area contributed by atoms with Gasteiger partial charge < -0.3 is 15.0 Å². The number of methoxy groups -OCH3 is 1. The Balaban J connectivity index is 1.83. The molecule has 0 spiro atoms. The standard InChI is InChI=1S/C29H25F3N2O4/c1-19-24(25(35)21-12-7-4-8-13-21)28(29(30,31)32,33-26(36)22-14-9-15-23(18-22)38-2)27(37)34(19)17-16-20-10-5-3-6-11-20/h3-15,18H,16-17H2,1-2H3,(H,33,36)/t28-/m1/s1. The lowest BCUT2D eigenvalue weighted by Crippen LogP contribution is -2.66. The third-order valence-corrected chi connectivity index (χ3v) is 6.50. The highest BCUT2D eigenvalue weighted by Crippen LogP contribution is 2.46. The Morgan fingerprint density at radius 3 is 2.13 bits per heavy atom. The largest absolute Gasteiger partial charge is 0.497 e. The summed E-state index contributed by atoms with van der Waals surface area (Å²) in [7, 11) is 1.35. The first-order valence-corrected chi connectivity index (χ1v) is 11.8. The van der Waals surface area contributed by atoms with Gasteiger partial charge in [-0.25, -0.2) is 0 Å². The molecule has 1 aliphatic rings. The number of nitrogens with one attached hydrogen (secondary N) is 1. The summed E-state index contributed by atoms with van der Waals surface area (Å²) in [6.45, 7) is 1.18. The van der Waals surface area contributed by atoms with E-state index in [4.69, 9.17) is 4.74 Å². The highest BCUT2D eigenvalue weighted by Gasteiger charge is 2.70. The molecule has 1 aliphatic heterocycles. The molecule has 9 heteroatoms. The number of halogens is 3. The fourth-order valence-corrected chi connectivity index (χ4v) is 4.55. The Hall–Kier alpha value is -4.40. The van der Waals surface area contributed by atoms with Crippen molar-refractivity contribution < 1.29 is 32.3 Å². The van der Waals surface area contributed by atoms with E-state index in [2.05, 4.69) is 0 Å². The van der Waals surface area contributed by atoms with E-state index in [-0.39, 0.29) is 35.5 Å². The molecule has 0 aromatic heterocycles. The van der Waals surface area contributed by atoms with Crippen LogP contribution in [0.1, 0.15) is 33.2 Å². The first-order chi connectivity index (χ1) is 18.1. The number of ketones is 1. The number of carbonyl (C=O) groups is 3. The summed E-state index contributed by atoms with van der Waals surface area (Å²) in [6.07, 6.45) is -5.09. The predicted molar refractivity (Wildman–Crippen MR) is 135 cm³/mol. The normalized spacial score (nSPS) is 17.5. The SMILES string of the molecule is COc1cccc(C(=O)N[C@@]2(C(F)(F)F)C(=O)N(CCc3ccccc3)C(C)=C2C(=O)c2ccccc2)c1. The molecule has 0 bridgehead atoms. The average molecular weight is 523 g/mol. The fourth-order valence-electron chi connectivity index (χ4n) is 4.55. The molecule has 0 unspecified atom stereocenters. The molecule has 2 amide bonds. The van der Waals surface area contributed by atoms with Gasteiger partial charge in [-0.2, -0.15) is 13.2 Å². The van der Waals surface area contributed by atoms with Crippen molar-refractivity contribution in [3.05, 3.63) is 113 Å².